The quantitative estimate of drug-likeness (QED) is 0.401. The van der Waals surface area contributed by atoms with Gasteiger partial charge in [0.05, 0.1) is 0 Å². The van der Waals surface area contributed by atoms with Gasteiger partial charge in [-0.1, -0.05) is 47.6 Å². The molecule has 0 aliphatic rings. The summed E-state index contributed by atoms with van der Waals surface area (Å²) in [6.45, 7) is 14.7. The van der Waals surface area contributed by atoms with Gasteiger partial charge >= 0.3 is 0 Å². The molecule has 0 atom stereocenters. The molecule has 0 nitrogen and oxygen atoms in total. The SMILES string of the molecule is CC(C)[Si](c1ccc(-c2cc3sccc3s2)s1)(C(C)C)C(C)C. The molecule has 23 heavy (non-hydrogen) atoms. The Kier molecular flexibility index (Phi) is 4.90. The minimum Gasteiger partial charge on any atom is -0.144 e. The maximum atomic E-state index is 2.46. The van der Waals surface area contributed by atoms with Crippen LogP contribution in [0.1, 0.15) is 41.5 Å². The summed E-state index contributed by atoms with van der Waals surface area (Å²) in [6.07, 6.45) is 0. The fraction of sp³-hybridized carbons (Fsp3) is 0.474. The van der Waals surface area contributed by atoms with Crippen molar-refractivity contribution in [3.05, 3.63) is 29.6 Å². The zero-order chi connectivity index (χ0) is 16.8. The van der Waals surface area contributed by atoms with Gasteiger partial charge in [-0.25, -0.2) is 0 Å². The summed E-state index contributed by atoms with van der Waals surface area (Å²) < 4.78 is 4.56. The predicted molar refractivity (Wildman–Crippen MR) is 114 cm³/mol. The van der Waals surface area contributed by atoms with E-state index in [-0.39, 0.29) is 0 Å². The van der Waals surface area contributed by atoms with Gasteiger partial charge in [0.15, 0.2) is 0 Å². The number of hydrogen-bond donors (Lipinski definition) is 0. The lowest BCUT2D eigenvalue weighted by Crippen LogP contribution is -2.54. The third-order valence-electron chi connectivity index (χ3n) is 5.28. The first-order valence-corrected chi connectivity index (χ1v) is 13.2. The Morgan fingerprint density at radius 2 is 1.39 bits per heavy atom. The van der Waals surface area contributed by atoms with Crippen LogP contribution in [0.4, 0.5) is 0 Å². The van der Waals surface area contributed by atoms with Crippen molar-refractivity contribution in [2.75, 3.05) is 0 Å². The molecule has 0 saturated carbocycles. The molecule has 3 rings (SSSR count). The number of rotatable bonds is 5. The summed E-state index contributed by atoms with van der Waals surface area (Å²) >= 11 is 5.87. The summed E-state index contributed by atoms with van der Waals surface area (Å²) in [5.41, 5.74) is 2.34. The Balaban J connectivity index is 2.06. The molecule has 0 aromatic carbocycles. The zero-order valence-electron chi connectivity index (χ0n) is 14.8. The molecule has 4 heteroatoms. The molecule has 0 N–H and O–H groups in total. The topological polar surface area (TPSA) is 0 Å². The predicted octanol–water partition coefficient (Wildman–Crippen LogP) is 7.58. The number of fused-ring (bicyclic) bond motifs is 1. The van der Waals surface area contributed by atoms with Crippen LogP contribution in [0.2, 0.25) is 16.6 Å². The normalized spacial score (nSPS) is 13.1. The first-order valence-electron chi connectivity index (χ1n) is 8.45. The summed E-state index contributed by atoms with van der Waals surface area (Å²) in [6, 6.07) is 9.46. The second-order valence-electron chi connectivity index (χ2n) is 7.32. The van der Waals surface area contributed by atoms with Crippen molar-refractivity contribution in [1.29, 1.82) is 0 Å². The third kappa shape index (κ3) is 2.78. The Morgan fingerprint density at radius 1 is 0.739 bits per heavy atom. The summed E-state index contributed by atoms with van der Waals surface area (Å²) in [7, 11) is -1.51. The van der Waals surface area contributed by atoms with Gasteiger partial charge in [0, 0.05) is 19.2 Å². The lowest BCUT2D eigenvalue weighted by molar-refractivity contribution is 0.837. The average Bonchev–Trinajstić information content (AvgIpc) is 3.11. The van der Waals surface area contributed by atoms with Gasteiger partial charge in [0.25, 0.3) is 0 Å². The first-order chi connectivity index (χ1) is 10.9. The van der Waals surface area contributed by atoms with Gasteiger partial charge in [-0.05, 0) is 44.7 Å². The monoisotopic (exact) mass is 378 g/mol. The molecule has 3 aromatic heterocycles. The van der Waals surface area contributed by atoms with Crippen LogP contribution in [0.15, 0.2) is 29.6 Å². The van der Waals surface area contributed by atoms with E-state index < -0.39 is 8.07 Å². The fourth-order valence-corrected chi connectivity index (χ4v) is 16.6. The van der Waals surface area contributed by atoms with Crippen molar-refractivity contribution in [1.82, 2.24) is 0 Å². The van der Waals surface area contributed by atoms with E-state index in [9.17, 15) is 0 Å². The molecule has 0 bridgehead atoms. The van der Waals surface area contributed by atoms with Gasteiger partial charge in [-0.3, -0.25) is 0 Å². The third-order valence-corrected chi connectivity index (χ3v) is 16.6. The van der Waals surface area contributed by atoms with Crippen molar-refractivity contribution in [2.24, 2.45) is 0 Å². The maximum Gasteiger partial charge on any atom is 0.107 e. The number of hydrogen-bond acceptors (Lipinski definition) is 3. The van der Waals surface area contributed by atoms with E-state index >= 15 is 0 Å². The summed E-state index contributed by atoms with van der Waals surface area (Å²) in [5.74, 6) is 0. The fourth-order valence-electron chi connectivity index (χ4n) is 4.44. The molecule has 3 heterocycles. The minimum atomic E-state index is -1.51. The molecule has 0 fully saturated rings. The van der Waals surface area contributed by atoms with Crippen LogP contribution in [0.3, 0.4) is 0 Å². The van der Waals surface area contributed by atoms with Gasteiger partial charge in [0.2, 0.25) is 0 Å². The second-order valence-corrected chi connectivity index (χ2v) is 16.7. The average molecular weight is 379 g/mol. The largest absolute Gasteiger partial charge is 0.144 e. The molecule has 124 valence electrons. The van der Waals surface area contributed by atoms with Crippen LogP contribution in [0.5, 0.6) is 0 Å². The molecule has 3 aromatic rings. The van der Waals surface area contributed by atoms with Crippen LogP contribution in [0, 0.1) is 0 Å². The molecule has 0 aliphatic carbocycles. The van der Waals surface area contributed by atoms with Gasteiger partial charge < -0.3 is 0 Å². The number of thiophene rings is 3. The van der Waals surface area contributed by atoms with E-state index in [0.29, 0.717) is 0 Å². The lowest BCUT2D eigenvalue weighted by Gasteiger charge is -2.42. The second kappa shape index (κ2) is 6.47. The van der Waals surface area contributed by atoms with E-state index in [2.05, 4.69) is 82.5 Å². The van der Waals surface area contributed by atoms with Gasteiger partial charge in [-0.2, -0.15) is 0 Å². The summed E-state index contributed by atoms with van der Waals surface area (Å²) in [4.78, 5) is 2.91. The van der Waals surface area contributed by atoms with Crippen LogP contribution in [-0.4, -0.2) is 8.07 Å². The van der Waals surface area contributed by atoms with E-state index in [1.54, 1.807) is 4.50 Å². The van der Waals surface area contributed by atoms with E-state index in [1.807, 2.05) is 22.7 Å². The van der Waals surface area contributed by atoms with Crippen LogP contribution >= 0.6 is 34.0 Å². The molecule has 0 saturated heterocycles. The standard InChI is InChI=1S/C19H26S3Si/c1-12(2)23(13(3)4,14(5)6)19-8-7-15(22-19)18-11-17-16(21-18)9-10-20-17/h7-14H,1-6H3. The summed E-state index contributed by atoms with van der Waals surface area (Å²) in [5, 5.41) is 2.19. The van der Waals surface area contributed by atoms with E-state index in [4.69, 9.17) is 0 Å². The molecular weight excluding hydrogens is 352 g/mol. The molecule has 0 radical (unpaired) electrons. The van der Waals surface area contributed by atoms with Crippen molar-refractivity contribution >= 4 is 56.0 Å². The van der Waals surface area contributed by atoms with Crippen LogP contribution in [0.25, 0.3) is 19.2 Å². The highest BCUT2D eigenvalue weighted by Gasteiger charge is 2.45. The smallest absolute Gasteiger partial charge is 0.107 e. The zero-order valence-corrected chi connectivity index (χ0v) is 18.3. The highest BCUT2D eigenvalue weighted by molar-refractivity contribution is 7.34. The van der Waals surface area contributed by atoms with E-state index in [0.717, 1.165) is 16.6 Å². The van der Waals surface area contributed by atoms with Crippen molar-refractivity contribution in [3.63, 3.8) is 0 Å². The molecule has 0 unspecified atom stereocenters. The molecule has 0 spiro atoms. The minimum absolute atomic E-state index is 0.779. The van der Waals surface area contributed by atoms with Crippen LogP contribution in [-0.2, 0) is 0 Å². The highest BCUT2D eigenvalue weighted by Crippen LogP contribution is 2.44. The lowest BCUT2D eigenvalue weighted by atomic mass is 10.4. The highest BCUT2D eigenvalue weighted by atomic mass is 32.1. The first kappa shape index (κ1) is 17.4. The Labute approximate surface area is 153 Å². The van der Waals surface area contributed by atoms with Gasteiger partial charge in [0.1, 0.15) is 8.07 Å². The molecular formula is C19H26S3Si. The molecule has 0 amide bonds. The van der Waals surface area contributed by atoms with Crippen LogP contribution < -0.4 is 4.50 Å². The van der Waals surface area contributed by atoms with Gasteiger partial charge in [-0.15, -0.1) is 34.0 Å². The van der Waals surface area contributed by atoms with Crippen molar-refractivity contribution < 1.29 is 0 Å². The van der Waals surface area contributed by atoms with Crippen molar-refractivity contribution in [2.45, 2.75) is 58.2 Å². The Morgan fingerprint density at radius 3 is 1.96 bits per heavy atom. The maximum absolute atomic E-state index is 2.46. The Hall–Kier alpha value is -0.423. The van der Waals surface area contributed by atoms with E-state index in [1.165, 1.54) is 19.2 Å². The van der Waals surface area contributed by atoms with Crippen molar-refractivity contribution in [3.8, 4) is 9.75 Å². The molecule has 0 aliphatic heterocycles. The Bertz CT molecular complexity index is 738.